The quantitative estimate of drug-likeness (QED) is 0.276. The lowest BCUT2D eigenvalue weighted by molar-refractivity contribution is -0.385. The summed E-state index contributed by atoms with van der Waals surface area (Å²) in [6.07, 6.45) is 0.751. The molecule has 1 amide bonds. The molecule has 1 heterocycles. The Balaban J connectivity index is 1.86. The van der Waals surface area contributed by atoms with Crippen LogP contribution >= 0.6 is 11.3 Å². The molecule has 0 unspecified atom stereocenters. The van der Waals surface area contributed by atoms with Crippen LogP contribution in [0.1, 0.15) is 35.5 Å². The van der Waals surface area contributed by atoms with Gasteiger partial charge in [0.25, 0.3) is 0 Å². The van der Waals surface area contributed by atoms with Crippen molar-refractivity contribution in [1.82, 2.24) is 4.98 Å². The number of nitro benzene ring substituents is 1. The Labute approximate surface area is 188 Å². The third-order valence-corrected chi connectivity index (χ3v) is 5.49. The van der Waals surface area contributed by atoms with Crippen molar-refractivity contribution in [3.8, 4) is 5.75 Å². The van der Waals surface area contributed by atoms with E-state index in [9.17, 15) is 19.7 Å². The number of aromatic nitrogens is 1. The normalized spacial score (nSPS) is 10.5. The lowest BCUT2D eigenvalue weighted by Gasteiger charge is -2.20. The fourth-order valence-electron chi connectivity index (χ4n) is 3.08. The molecule has 0 spiro atoms. The van der Waals surface area contributed by atoms with Crippen LogP contribution in [0.15, 0.2) is 47.8 Å². The summed E-state index contributed by atoms with van der Waals surface area (Å²) in [5.41, 5.74) is 2.10. The first kappa shape index (κ1) is 22.9. The number of anilines is 2. The van der Waals surface area contributed by atoms with Crippen LogP contribution < -0.4 is 9.64 Å². The maximum Gasteiger partial charge on any atom is 0.337 e. The van der Waals surface area contributed by atoms with E-state index in [1.807, 2.05) is 31.2 Å². The minimum atomic E-state index is -0.632. The topological polar surface area (TPSA) is 112 Å². The van der Waals surface area contributed by atoms with E-state index in [0.29, 0.717) is 10.8 Å². The van der Waals surface area contributed by atoms with Gasteiger partial charge in [-0.3, -0.25) is 19.8 Å². The van der Waals surface area contributed by atoms with Crippen molar-refractivity contribution in [3.63, 3.8) is 0 Å². The number of ether oxygens (including phenoxy) is 2. The molecule has 0 fully saturated rings. The van der Waals surface area contributed by atoms with Gasteiger partial charge in [0.1, 0.15) is 6.61 Å². The lowest BCUT2D eigenvalue weighted by Crippen LogP contribution is -2.23. The molecule has 32 heavy (non-hydrogen) atoms. The van der Waals surface area contributed by atoms with Crippen molar-refractivity contribution in [3.05, 3.63) is 74.8 Å². The highest BCUT2D eigenvalue weighted by molar-refractivity contribution is 7.14. The first-order valence-corrected chi connectivity index (χ1v) is 10.6. The summed E-state index contributed by atoms with van der Waals surface area (Å²) < 4.78 is 10.3. The molecule has 0 saturated carbocycles. The zero-order valence-electron chi connectivity index (χ0n) is 17.7. The molecule has 2 aromatic carbocycles. The van der Waals surface area contributed by atoms with Gasteiger partial charge in [0.2, 0.25) is 5.91 Å². The van der Waals surface area contributed by atoms with E-state index in [4.69, 9.17) is 4.74 Å². The predicted molar refractivity (Wildman–Crippen MR) is 120 cm³/mol. The number of hydrogen-bond acceptors (Lipinski definition) is 8. The highest BCUT2D eigenvalue weighted by atomic mass is 32.1. The lowest BCUT2D eigenvalue weighted by atomic mass is 10.1. The summed E-state index contributed by atoms with van der Waals surface area (Å²) in [6, 6.07) is 11.3. The van der Waals surface area contributed by atoms with Gasteiger partial charge < -0.3 is 9.47 Å². The SMILES string of the molecule is CCc1ccccc1N(C(C)=O)c1nc(COc2cc(C(=O)OC)ccc2[N+](=O)[O-])cs1. The number of methoxy groups -OCH3 is 1. The molecule has 9 nitrogen and oxygen atoms in total. The largest absolute Gasteiger partial charge is 0.480 e. The molecule has 0 radical (unpaired) electrons. The van der Waals surface area contributed by atoms with E-state index in [-0.39, 0.29) is 29.5 Å². The predicted octanol–water partition coefficient (Wildman–Crippen LogP) is 4.66. The standard InChI is InChI=1S/C22H21N3O6S/c1-4-15-7-5-6-8-18(15)24(14(2)26)22-23-17(13-32-22)12-31-20-11-16(21(27)30-3)9-10-19(20)25(28)29/h5-11,13H,4,12H2,1-3H3. The average molecular weight is 455 g/mol. The van der Waals surface area contributed by atoms with Crippen LogP contribution in [0.4, 0.5) is 16.5 Å². The van der Waals surface area contributed by atoms with Gasteiger partial charge in [-0.2, -0.15) is 0 Å². The number of nitrogens with zero attached hydrogens (tertiary/aromatic N) is 3. The average Bonchev–Trinajstić information content (AvgIpc) is 3.25. The van der Waals surface area contributed by atoms with Crippen LogP contribution in [0, 0.1) is 10.1 Å². The second-order valence-electron chi connectivity index (χ2n) is 6.68. The van der Waals surface area contributed by atoms with Gasteiger partial charge >= 0.3 is 11.7 Å². The zero-order valence-corrected chi connectivity index (χ0v) is 18.5. The second kappa shape index (κ2) is 10.0. The Morgan fingerprint density at radius 2 is 1.97 bits per heavy atom. The summed E-state index contributed by atoms with van der Waals surface area (Å²) in [6.45, 7) is 3.39. The molecule has 0 atom stereocenters. The van der Waals surface area contributed by atoms with Crippen LogP contribution in [-0.2, 0) is 22.6 Å². The van der Waals surface area contributed by atoms with Crippen LogP contribution in [0.3, 0.4) is 0 Å². The first-order valence-electron chi connectivity index (χ1n) is 9.68. The number of aryl methyl sites for hydroxylation is 1. The highest BCUT2D eigenvalue weighted by Gasteiger charge is 2.22. The number of carbonyl (C=O) groups is 2. The van der Waals surface area contributed by atoms with Gasteiger partial charge in [0.05, 0.1) is 29.0 Å². The smallest absolute Gasteiger partial charge is 0.337 e. The van der Waals surface area contributed by atoms with Gasteiger partial charge in [-0.25, -0.2) is 9.78 Å². The van der Waals surface area contributed by atoms with Gasteiger partial charge in [-0.15, -0.1) is 11.3 Å². The number of amides is 1. The van der Waals surface area contributed by atoms with E-state index in [2.05, 4.69) is 9.72 Å². The molecule has 3 rings (SSSR count). The van der Waals surface area contributed by atoms with Crippen molar-refractivity contribution in [2.24, 2.45) is 0 Å². The summed E-state index contributed by atoms with van der Waals surface area (Å²) in [4.78, 5) is 40.9. The Bertz CT molecular complexity index is 1160. The number of thiazole rings is 1. The molecule has 0 aliphatic rings. The number of para-hydroxylation sites is 1. The Kier molecular flexibility index (Phi) is 7.16. The molecule has 0 aliphatic heterocycles. The fraction of sp³-hybridized carbons (Fsp3) is 0.227. The fourth-order valence-corrected chi connectivity index (χ4v) is 3.94. The summed E-state index contributed by atoms with van der Waals surface area (Å²) in [7, 11) is 1.22. The minimum absolute atomic E-state index is 0.0767. The monoisotopic (exact) mass is 455 g/mol. The van der Waals surface area contributed by atoms with E-state index < -0.39 is 10.9 Å². The number of nitro groups is 1. The first-order chi connectivity index (χ1) is 15.3. The van der Waals surface area contributed by atoms with Gasteiger partial charge in [-0.1, -0.05) is 25.1 Å². The van der Waals surface area contributed by atoms with Crippen molar-refractivity contribution in [2.75, 3.05) is 12.0 Å². The summed E-state index contributed by atoms with van der Waals surface area (Å²) in [5, 5.41) is 13.5. The van der Waals surface area contributed by atoms with Crippen molar-refractivity contribution in [2.45, 2.75) is 26.9 Å². The Morgan fingerprint density at radius 1 is 1.22 bits per heavy atom. The number of carbonyl (C=O) groups excluding carboxylic acids is 2. The molecule has 0 bridgehead atoms. The number of rotatable bonds is 8. The molecule has 166 valence electrons. The molecule has 0 aliphatic carbocycles. The molecular weight excluding hydrogens is 434 g/mol. The van der Waals surface area contributed by atoms with Crippen LogP contribution in [0.5, 0.6) is 5.75 Å². The molecule has 10 heteroatoms. The number of benzene rings is 2. The Morgan fingerprint density at radius 3 is 2.62 bits per heavy atom. The molecule has 0 N–H and O–H groups in total. The van der Waals surface area contributed by atoms with E-state index in [1.54, 1.807) is 5.38 Å². The van der Waals surface area contributed by atoms with E-state index in [0.717, 1.165) is 17.7 Å². The van der Waals surface area contributed by atoms with Crippen molar-refractivity contribution >= 4 is 39.7 Å². The van der Waals surface area contributed by atoms with Crippen molar-refractivity contribution < 1.29 is 24.0 Å². The maximum absolute atomic E-state index is 12.4. The Hall–Kier alpha value is -3.79. The van der Waals surface area contributed by atoms with E-state index >= 15 is 0 Å². The number of hydrogen-bond donors (Lipinski definition) is 0. The highest BCUT2D eigenvalue weighted by Crippen LogP contribution is 2.33. The third-order valence-electron chi connectivity index (χ3n) is 4.61. The summed E-state index contributed by atoms with van der Waals surface area (Å²) in [5.74, 6) is -0.895. The molecule has 3 aromatic rings. The van der Waals surface area contributed by atoms with Gasteiger partial charge in [0.15, 0.2) is 10.9 Å². The van der Waals surface area contributed by atoms with Crippen LogP contribution in [0.25, 0.3) is 0 Å². The second-order valence-corrected chi connectivity index (χ2v) is 7.51. The molecular formula is C22H21N3O6S. The van der Waals surface area contributed by atoms with Gasteiger partial charge in [0, 0.05) is 24.4 Å². The third kappa shape index (κ3) is 4.92. The number of esters is 1. The van der Waals surface area contributed by atoms with E-state index in [1.165, 1.54) is 48.5 Å². The van der Waals surface area contributed by atoms with Gasteiger partial charge in [-0.05, 0) is 24.1 Å². The summed E-state index contributed by atoms with van der Waals surface area (Å²) >= 11 is 1.26. The molecule has 1 aromatic heterocycles. The zero-order chi connectivity index (χ0) is 23.3. The van der Waals surface area contributed by atoms with Crippen LogP contribution in [0.2, 0.25) is 0 Å². The van der Waals surface area contributed by atoms with Crippen LogP contribution in [-0.4, -0.2) is 28.9 Å². The minimum Gasteiger partial charge on any atom is -0.480 e. The van der Waals surface area contributed by atoms with Crippen molar-refractivity contribution in [1.29, 1.82) is 0 Å². The maximum atomic E-state index is 12.4. The molecule has 0 saturated heterocycles.